The SMILES string of the molecule is CNC(=O)c1ccccc1-n1ccc2ccccc21. The van der Waals surface area contributed by atoms with E-state index in [-0.39, 0.29) is 5.91 Å². The van der Waals surface area contributed by atoms with Gasteiger partial charge in [-0.15, -0.1) is 0 Å². The van der Waals surface area contributed by atoms with E-state index in [1.165, 1.54) is 0 Å². The molecule has 3 heteroatoms. The Labute approximate surface area is 111 Å². The molecule has 0 fully saturated rings. The summed E-state index contributed by atoms with van der Waals surface area (Å²) in [6.45, 7) is 0. The highest BCUT2D eigenvalue weighted by molar-refractivity contribution is 5.98. The fraction of sp³-hybridized carbons (Fsp3) is 0.0625. The maximum Gasteiger partial charge on any atom is 0.253 e. The molecule has 0 atom stereocenters. The van der Waals surface area contributed by atoms with E-state index in [0.29, 0.717) is 5.56 Å². The van der Waals surface area contributed by atoms with Crippen molar-refractivity contribution >= 4 is 16.8 Å². The summed E-state index contributed by atoms with van der Waals surface area (Å²) < 4.78 is 2.04. The minimum Gasteiger partial charge on any atom is -0.355 e. The smallest absolute Gasteiger partial charge is 0.253 e. The van der Waals surface area contributed by atoms with Crippen LogP contribution in [0.2, 0.25) is 0 Å². The van der Waals surface area contributed by atoms with Gasteiger partial charge in [0.15, 0.2) is 0 Å². The Morgan fingerprint density at radius 3 is 2.58 bits per heavy atom. The molecule has 1 aromatic heterocycles. The van der Waals surface area contributed by atoms with E-state index in [9.17, 15) is 4.79 Å². The number of hydrogen-bond acceptors (Lipinski definition) is 1. The second-order valence-electron chi connectivity index (χ2n) is 4.34. The van der Waals surface area contributed by atoms with Crippen molar-refractivity contribution in [2.45, 2.75) is 0 Å². The summed E-state index contributed by atoms with van der Waals surface area (Å²) in [4.78, 5) is 11.9. The van der Waals surface area contributed by atoms with Gasteiger partial charge in [0.05, 0.1) is 16.8 Å². The van der Waals surface area contributed by atoms with Crippen molar-refractivity contribution in [3.63, 3.8) is 0 Å². The minimum absolute atomic E-state index is 0.0756. The third-order valence-corrected chi connectivity index (χ3v) is 3.23. The number of nitrogens with zero attached hydrogens (tertiary/aromatic N) is 1. The van der Waals surface area contributed by atoms with E-state index in [0.717, 1.165) is 16.6 Å². The summed E-state index contributed by atoms with van der Waals surface area (Å²) in [5, 5.41) is 3.84. The average molecular weight is 250 g/mol. The molecular weight excluding hydrogens is 236 g/mol. The highest BCUT2D eigenvalue weighted by atomic mass is 16.1. The first-order valence-corrected chi connectivity index (χ1v) is 6.19. The zero-order valence-electron chi connectivity index (χ0n) is 10.6. The number of rotatable bonds is 2. The second kappa shape index (κ2) is 4.61. The number of carbonyl (C=O) groups excluding carboxylic acids is 1. The maximum absolute atomic E-state index is 11.9. The summed E-state index contributed by atoms with van der Waals surface area (Å²) in [5.41, 5.74) is 2.66. The molecule has 0 unspecified atom stereocenters. The van der Waals surface area contributed by atoms with Gasteiger partial charge in [0.2, 0.25) is 0 Å². The number of para-hydroxylation sites is 2. The third-order valence-electron chi connectivity index (χ3n) is 3.23. The highest BCUT2D eigenvalue weighted by Gasteiger charge is 2.11. The Hall–Kier alpha value is -2.55. The minimum atomic E-state index is -0.0756. The van der Waals surface area contributed by atoms with Crippen LogP contribution in [0.4, 0.5) is 0 Å². The van der Waals surface area contributed by atoms with Crippen molar-refractivity contribution in [3.05, 3.63) is 66.4 Å². The van der Waals surface area contributed by atoms with E-state index < -0.39 is 0 Å². The van der Waals surface area contributed by atoms with Crippen LogP contribution in [0.1, 0.15) is 10.4 Å². The van der Waals surface area contributed by atoms with Gasteiger partial charge in [-0.1, -0.05) is 30.3 Å². The van der Waals surface area contributed by atoms with Gasteiger partial charge in [-0.3, -0.25) is 4.79 Å². The molecule has 1 amide bonds. The van der Waals surface area contributed by atoms with E-state index in [2.05, 4.69) is 23.5 Å². The Balaban J connectivity index is 2.25. The predicted octanol–water partition coefficient (Wildman–Crippen LogP) is 2.99. The zero-order valence-corrected chi connectivity index (χ0v) is 10.6. The molecule has 0 spiro atoms. The van der Waals surface area contributed by atoms with Gasteiger partial charge in [-0.25, -0.2) is 0 Å². The molecule has 94 valence electrons. The molecule has 0 saturated carbocycles. The van der Waals surface area contributed by atoms with Crippen LogP contribution in [0.3, 0.4) is 0 Å². The number of benzene rings is 2. The lowest BCUT2D eigenvalue weighted by atomic mass is 10.1. The Morgan fingerprint density at radius 2 is 1.74 bits per heavy atom. The Morgan fingerprint density at radius 1 is 1.00 bits per heavy atom. The number of amides is 1. The number of nitrogens with one attached hydrogen (secondary N) is 1. The van der Waals surface area contributed by atoms with Gasteiger partial charge in [-0.2, -0.15) is 0 Å². The number of hydrogen-bond donors (Lipinski definition) is 1. The quantitative estimate of drug-likeness (QED) is 0.745. The lowest BCUT2D eigenvalue weighted by molar-refractivity contribution is 0.0963. The largest absolute Gasteiger partial charge is 0.355 e. The molecule has 0 radical (unpaired) electrons. The molecule has 3 aromatic rings. The van der Waals surface area contributed by atoms with Gasteiger partial charge in [0.25, 0.3) is 5.91 Å². The first-order chi connectivity index (χ1) is 9.31. The molecule has 1 N–H and O–H groups in total. The lowest BCUT2D eigenvalue weighted by Gasteiger charge is -2.10. The van der Waals surface area contributed by atoms with Gasteiger partial charge in [0.1, 0.15) is 0 Å². The van der Waals surface area contributed by atoms with Crippen molar-refractivity contribution in [3.8, 4) is 5.69 Å². The lowest BCUT2D eigenvalue weighted by Crippen LogP contribution is -2.19. The summed E-state index contributed by atoms with van der Waals surface area (Å²) >= 11 is 0. The molecular formula is C16H14N2O. The van der Waals surface area contributed by atoms with E-state index in [4.69, 9.17) is 0 Å². The van der Waals surface area contributed by atoms with E-state index >= 15 is 0 Å². The predicted molar refractivity (Wildman–Crippen MR) is 76.7 cm³/mol. The number of carbonyl (C=O) groups is 1. The molecule has 0 saturated heterocycles. The van der Waals surface area contributed by atoms with Crippen LogP contribution < -0.4 is 5.32 Å². The summed E-state index contributed by atoms with van der Waals surface area (Å²) in [5.74, 6) is -0.0756. The van der Waals surface area contributed by atoms with Crippen molar-refractivity contribution in [2.24, 2.45) is 0 Å². The fourth-order valence-corrected chi connectivity index (χ4v) is 2.30. The van der Waals surface area contributed by atoms with Gasteiger partial charge in [0, 0.05) is 13.2 Å². The average Bonchev–Trinajstić information content (AvgIpc) is 2.90. The second-order valence-corrected chi connectivity index (χ2v) is 4.34. The van der Waals surface area contributed by atoms with Crippen molar-refractivity contribution in [1.29, 1.82) is 0 Å². The van der Waals surface area contributed by atoms with Crippen LogP contribution in [-0.2, 0) is 0 Å². The van der Waals surface area contributed by atoms with Crippen LogP contribution in [0.25, 0.3) is 16.6 Å². The Kier molecular flexibility index (Phi) is 2.80. The van der Waals surface area contributed by atoms with Crippen LogP contribution in [0.5, 0.6) is 0 Å². The monoisotopic (exact) mass is 250 g/mol. The van der Waals surface area contributed by atoms with Gasteiger partial charge in [-0.05, 0) is 29.7 Å². The molecule has 0 bridgehead atoms. The number of aromatic nitrogens is 1. The molecule has 3 nitrogen and oxygen atoms in total. The molecule has 0 aliphatic rings. The van der Waals surface area contributed by atoms with Crippen LogP contribution in [0, 0.1) is 0 Å². The third kappa shape index (κ3) is 1.89. The van der Waals surface area contributed by atoms with E-state index in [1.54, 1.807) is 7.05 Å². The molecule has 0 aliphatic heterocycles. The van der Waals surface area contributed by atoms with Gasteiger partial charge < -0.3 is 9.88 Å². The molecule has 19 heavy (non-hydrogen) atoms. The van der Waals surface area contributed by atoms with Crippen molar-refractivity contribution < 1.29 is 4.79 Å². The highest BCUT2D eigenvalue weighted by Crippen LogP contribution is 2.22. The maximum atomic E-state index is 11.9. The molecule has 1 heterocycles. The first-order valence-electron chi connectivity index (χ1n) is 6.19. The number of fused-ring (bicyclic) bond motifs is 1. The zero-order chi connectivity index (χ0) is 13.2. The molecule has 3 rings (SSSR count). The Bertz CT molecular complexity index is 743. The van der Waals surface area contributed by atoms with E-state index in [1.807, 2.05) is 47.2 Å². The fourth-order valence-electron chi connectivity index (χ4n) is 2.30. The summed E-state index contributed by atoms with van der Waals surface area (Å²) in [7, 11) is 1.65. The van der Waals surface area contributed by atoms with Crippen molar-refractivity contribution in [2.75, 3.05) is 7.05 Å². The molecule has 0 aliphatic carbocycles. The standard InChI is InChI=1S/C16H14N2O/c1-17-16(19)13-7-3-5-9-15(13)18-11-10-12-6-2-4-8-14(12)18/h2-11H,1H3,(H,17,19). The topological polar surface area (TPSA) is 34.0 Å². The van der Waals surface area contributed by atoms with Crippen LogP contribution >= 0.6 is 0 Å². The van der Waals surface area contributed by atoms with Crippen LogP contribution in [-0.4, -0.2) is 17.5 Å². The first kappa shape index (κ1) is 11.5. The van der Waals surface area contributed by atoms with Gasteiger partial charge >= 0.3 is 0 Å². The summed E-state index contributed by atoms with van der Waals surface area (Å²) in [6.07, 6.45) is 1.99. The van der Waals surface area contributed by atoms with Crippen molar-refractivity contribution in [1.82, 2.24) is 9.88 Å². The normalized spacial score (nSPS) is 10.6. The summed E-state index contributed by atoms with van der Waals surface area (Å²) in [6, 6.07) is 17.8. The van der Waals surface area contributed by atoms with Crippen LogP contribution in [0.15, 0.2) is 60.8 Å². The molecule has 2 aromatic carbocycles.